The monoisotopic (exact) mass is 258 g/mol. The normalized spacial score (nSPS) is 10.9. The predicted octanol–water partition coefficient (Wildman–Crippen LogP) is 0.260. The molecule has 0 amide bonds. The predicted molar refractivity (Wildman–Crippen MR) is 63.5 cm³/mol. The first-order valence-corrected chi connectivity index (χ1v) is 6.46. The van der Waals surface area contributed by atoms with Crippen LogP contribution in [0.2, 0.25) is 0 Å². The smallest absolute Gasteiger partial charge is 0.326 e. The molecule has 2 N–H and O–H groups in total. The Balaban J connectivity index is 2.95. The summed E-state index contributed by atoms with van der Waals surface area (Å²) in [5.74, 6) is -0.648. The minimum atomic E-state index is -4.00. The van der Waals surface area contributed by atoms with Crippen molar-refractivity contribution < 1.29 is 17.9 Å². The van der Waals surface area contributed by atoms with Gasteiger partial charge in [-0.2, -0.15) is 8.42 Å². The number of esters is 1. The average molecular weight is 258 g/mol. The van der Waals surface area contributed by atoms with Crippen LogP contribution in [0.3, 0.4) is 0 Å². The quantitative estimate of drug-likeness (QED) is 0.767. The molecule has 0 radical (unpaired) electrons. The van der Waals surface area contributed by atoms with Crippen LogP contribution in [0.15, 0.2) is 30.3 Å². The summed E-state index contributed by atoms with van der Waals surface area (Å²) >= 11 is 0. The molecule has 1 aromatic carbocycles. The van der Waals surface area contributed by atoms with E-state index in [0.29, 0.717) is 5.69 Å². The summed E-state index contributed by atoms with van der Waals surface area (Å²) in [6, 6.07) is 8.12. The van der Waals surface area contributed by atoms with E-state index >= 15 is 0 Å². The average Bonchev–Trinajstić information content (AvgIpc) is 2.26. The van der Waals surface area contributed by atoms with Crippen molar-refractivity contribution in [1.82, 2.24) is 0 Å². The third-order valence-electron chi connectivity index (χ3n) is 1.93. The molecule has 0 aromatic heterocycles. The summed E-state index contributed by atoms with van der Waals surface area (Å²) in [6.45, 7) is 1.39. The Morgan fingerprint density at radius 1 is 1.35 bits per heavy atom. The number of para-hydroxylation sites is 1. The van der Waals surface area contributed by atoms with Gasteiger partial charge in [0.25, 0.3) is 10.2 Å². The maximum Gasteiger partial charge on any atom is 0.326 e. The Labute approximate surface area is 100 Å². The Bertz CT molecular complexity index is 472. The van der Waals surface area contributed by atoms with Crippen molar-refractivity contribution in [2.24, 2.45) is 5.14 Å². The molecule has 1 aromatic rings. The second-order valence-corrected chi connectivity index (χ2v) is 4.66. The summed E-state index contributed by atoms with van der Waals surface area (Å²) in [4.78, 5) is 11.3. The molecule has 0 atom stereocenters. The van der Waals surface area contributed by atoms with E-state index in [-0.39, 0.29) is 6.61 Å². The van der Waals surface area contributed by atoms with E-state index in [4.69, 9.17) is 5.14 Å². The molecule has 0 saturated carbocycles. The van der Waals surface area contributed by atoms with Crippen molar-refractivity contribution in [3.05, 3.63) is 30.3 Å². The lowest BCUT2D eigenvalue weighted by Gasteiger charge is -2.20. The molecule has 0 spiro atoms. The second-order valence-electron chi connectivity index (χ2n) is 3.19. The molecular weight excluding hydrogens is 244 g/mol. The van der Waals surface area contributed by atoms with Gasteiger partial charge >= 0.3 is 5.97 Å². The van der Waals surface area contributed by atoms with E-state index < -0.39 is 22.7 Å². The van der Waals surface area contributed by atoms with Crippen LogP contribution < -0.4 is 9.44 Å². The number of nitrogens with zero attached hydrogens (tertiary/aromatic N) is 1. The first-order chi connectivity index (χ1) is 7.95. The van der Waals surface area contributed by atoms with Crippen molar-refractivity contribution in [3.8, 4) is 0 Å². The molecule has 0 aliphatic carbocycles. The number of nitrogens with two attached hydrogens (primary N) is 1. The van der Waals surface area contributed by atoms with Gasteiger partial charge in [-0.3, -0.25) is 4.79 Å². The highest BCUT2D eigenvalue weighted by molar-refractivity contribution is 7.90. The van der Waals surface area contributed by atoms with E-state index in [0.717, 1.165) is 4.31 Å². The zero-order valence-corrected chi connectivity index (χ0v) is 10.2. The fourth-order valence-corrected chi connectivity index (χ4v) is 1.95. The van der Waals surface area contributed by atoms with Crippen LogP contribution in [0.1, 0.15) is 6.92 Å². The highest BCUT2D eigenvalue weighted by Gasteiger charge is 2.21. The molecule has 0 unspecified atom stereocenters. The fraction of sp³-hybridized carbons (Fsp3) is 0.300. The molecule has 0 heterocycles. The fourth-order valence-electron chi connectivity index (χ4n) is 1.25. The van der Waals surface area contributed by atoms with Crippen LogP contribution in [0.5, 0.6) is 0 Å². The molecule has 0 aliphatic heterocycles. The van der Waals surface area contributed by atoms with Crippen LogP contribution in [0.4, 0.5) is 5.69 Å². The van der Waals surface area contributed by atoms with Gasteiger partial charge in [0, 0.05) is 0 Å². The topological polar surface area (TPSA) is 89.7 Å². The number of anilines is 1. The molecule has 17 heavy (non-hydrogen) atoms. The standard InChI is InChI=1S/C10H14N2O4S/c1-2-16-10(13)8-12(17(11,14)15)9-6-4-3-5-7-9/h3-7H,2,8H2,1H3,(H2,11,14,15). The minimum absolute atomic E-state index is 0.187. The lowest BCUT2D eigenvalue weighted by molar-refractivity contribution is -0.141. The molecule has 0 saturated heterocycles. The summed E-state index contributed by atoms with van der Waals surface area (Å²) in [5.41, 5.74) is 0.322. The number of carbonyl (C=O) groups excluding carboxylic acids is 1. The van der Waals surface area contributed by atoms with Gasteiger partial charge < -0.3 is 4.74 Å². The van der Waals surface area contributed by atoms with Gasteiger partial charge in [0.1, 0.15) is 6.54 Å². The lowest BCUT2D eigenvalue weighted by atomic mass is 10.3. The number of hydrogen-bond donors (Lipinski definition) is 1. The number of hydrogen-bond acceptors (Lipinski definition) is 4. The van der Waals surface area contributed by atoms with Crippen LogP contribution in [0.25, 0.3) is 0 Å². The van der Waals surface area contributed by atoms with Crippen molar-refractivity contribution in [3.63, 3.8) is 0 Å². The van der Waals surface area contributed by atoms with Gasteiger partial charge in [-0.05, 0) is 19.1 Å². The van der Waals surface area contributed by atoms with Crippen molar-refractivity contribution >= 4 is 21.9 Å². The van der Waals surface area contributed by atoms with Crippen molar-refractivity contribution in [1.29, 1.82) is 0 Å². The number of benzene rings is 1. The van der Waals surface area contributed by atoms with Gasteiger partial charge in [-0.25, -0.2) is 9.44 Å². The van der Waals surface area contributed by atoms with Crippen molar-refractivity contribution in [2.45, 2.75) is 6.92 Å². The van der Waals surface area contributed by atoms with E-state index in [1.54, 1.807) is 37.3 Å². The molecule has 0 fully saturated rings. The maximum absolute atomic E-state index is 11.4. The number of carbonyl (C=O) groups is 1. The Morgan fingerprint density at radius 3 is 2.41 bits per heavy atom. The van der Waals surface area contributed by atoms with E-state index in [1.165, 1.54) is 0 Å². The van der Waals surface area contributed by atoms with E-state index in [2.05, 4.69) is 4.74 Å². The summed E-state index contributed by atoms with van der Waals surface area (Å²) in [6.07, 6.45) is 0. The third kappa shape index (κ3) is 4.04. The number of rotatable bonds is 5. The minimum Gasteiger partial charge on any atom is -0.465 e. The zero-order chi connectivity index (χ0) is 12.9. The molecule has 94 valence electrons. The molecule has 1 rings (SSSR count). The zero-order valence-electron chi connectivity index (χ0n) is 9.37. The SMILES string of the molecule is CCOC(=O)CN(c1ccccc1)S(N)(=O)=O. The van der Waals surface area contributed by atoms with Gasteiger partial charge in [0.15, 0.2) is 0 Å². The van der Waals surface area contributed by atoms with Crippen LogP contribution in [-0.4, -0.2) is 27.5 Å². The summed E-state index contributed by atoms with van der Waals surface area (Å²) in [7, 11) is -4.00. The molecule has 0 aliphatic rings. The van der Waals surface area contributed by atoms with Crippen LogP contribution in [0, 0.1) is 0 Å². The molecular formula is C10H14N2O4S. The van der Waals surface area contributed by atoms with Crippen LogP contribution >= 0.6 is 0 Å². The van der Waals surface area contributed by atoms with Crippen LogP contribution in [-0.2, 0) is 19.7 Å². The molecule has 7 heteroatoms. The van der Waals surface area contributed by atoms with Gasteiger partial charge in [0.2, 0.25) is 0 Å². The summed E-state index contributed by atoms with van der Waals surface area (Å²) in [5, 5.41) is 5.05. The summed E-state index contributed by atoms with van der Waals surface area (Å²) < 4.78 is 28.2. The lowest BCUT2D eigenvalue weighted by Crippen LogP contribution is -2.40. The third-order valence-corrected chi connectivity index (χ3v) is 2.88. The largest absolute Gasteiger partial charge is 0.465 e. The Hall–Kier alpha value is -1.60. The maximum atomic E-state index is 11.4. The second kappa shape index (κ2) is 5.65. The van der Waals surface area contributed by atoms with E-state index in [1.807, 2.05) is 0 Å². The first kappa shape index (κ1) is 13.5. The van der Waals surface area contributed by atoms with Crippen molar-refractivity contribution in [2.75, 3.05) is 17.5 Å². The van der Waals surface area contributed by atoms with E-state index in [9.17, 15) is 13.2 Å². The highest BCUT2D eigenvalue weighted by atomic mass is 32.2. The Morgan fingerprint density at radius 2 is 1.94 bits per heavy atom. The first-order valence-electron chi connectivity index (χ1n) is 4.96. The Kier molecular flexibility index (Phi) is 4.47. The van der Waals surface area contributed by atoms with Gasteiger partial charge in [-0.1, -0.05) is 18.2 Å². The van der Waals surface area contributed by atoms with Gasteiger partial charge in [0.05, 0.1) is 12.3 Å². The molecule has 6 nitrogen and oxygen atoms in total. The van der Waals surface area contributed by atoms with Gasteiger partial charge in [-0.15, -0.1) is 0 Å². The number of ether oxygens (including phenoxy) is 1. The highest BCUT2D eigenvalue weighted by Crippen LogP contribution is 2.15. The molecule has 0 bridgehead atoms.